The lowest BCUT2D eigenvalue weighted by Gasteiger charge is -2.08. The van der Waals surface area contributed by atoms with Gasteiger partial charge in [-0.05, 0) is 19.3 Å². The Kier molecular flexibility index (Phi) is 1.84. The molecule has 0 saturated carbocycles. The van der Waals surface area contributed by atoms with Gasteiger partial charge < -0.3 is 9.47 Å². The second kappa shape index (κ2) is 2.99. The van der Waals surface area contributed by atoms with Crippen molar-refractivity contribution in [3.8, 4) is 0 Å². The summed E-state index contributed by atoms with van der Waals surface area (Å²) in [5.41, 5.74) is 1.23. The minimum atomic E-state index is 0.715. The monoisotopic (exact) mass is 152 g/mol. The fourth-order valence-electron chi connectivity index (χ4n) is 1.39. The molecule has 1 aliphatic carbocycles. The SMILES string of the molecule is C1=CC(=C2OCCO2)CCC1. The third-order valence-corrected chi connectivity index (χ3v) is 1.95. The molecular formula is C9H12O2. The maximum absolute atomic E-state index is 5.30. The maximum atomic E-state index is 5.30. The van der Waals surface area contributed by atoms with E-state index in [-0.39, 0.29) is 0 Å². The molecule has 0 atom stereocenters. The van der Waals surface area contributed by atoms with Crippen molar-refractivity contribution in [2.24, 2.45) is 0 Å². The summed E-state index contributed by atoms with van der Waals surface area (Å²) < 4.78 is 10.6. The molecule has 0 spiro atoms. The van der Waals surface area contributed by atoms with E-state index in [1.807, 2.05) is 0 Å². The Morgan fingerprint density at radius 3 is 2.64 bits per heavy atom. The Morgan fingerprint density at radius 2 is 2.00 bits per heavy atom. The Morgan fingerprint density at radius 1 is 1.18 bits per heavy atom. The summed E-state index contributed by atoms with van der Waals surface area (Å²) in [6.45, 7) is 1.43. The lowest BCUT2D eigenvalue weighted by Crippen LogP contribution is -1.93. The molecule has 2 rings (SSSR count). The van der Waals surface area contributed by atoms with E-state index >= 15 is 0 Å². The van der Waals surface area contributed by atoms with Gasteiger partial charge in [0.15, 0.2) is 0 Å². The van der Waals surface area contributed by atoms with Gasteiger partial charge in [0, 0.05) is 5.57 Å². The van der Waals surface area contributed by atoms with Gasteiger partial charge in [0.1, 0.15) is 13.2 Å². The van der Waals surface area contributed by atoms with Gasteiger partial charge in [0.2, 0.25) is 0 Å². The number of allylic oxidation sites excluding steroid dienone is 3. The predicted molar refractivity (Wildman–Crippen MR) is 41.9 cm³/mol. The van der Waals surface area contributed by atoms with E-state index in [9.17, 15) is 0 Å². The van der Waals surface area contributed by atoms with Crippen LogP contribution in [0.4, 0.5) is 0 Å². The second-order valence-corrected chi connectivity index (χ2v) is 2.80. The van der Waals surface area contributed by atoms with Gasteiger partial charge >= 0.3 is 0 Å². The Hall–Kier alpha value is -0.920. The van der Waals surface area contributed by atoms with Crippen molar-refractivity contribution >= 4 is 0 Å². The fourth-order valence-corrected chi connectivity index (χ4v) is 1.39. The van der Waals surface area contributed by atoms with Crippen LogP contribution in [0.1, 0.15) is 19.3 Å². The second-order valence-electron chi connectivity index (χ2n) is 2.80. The lowest BCUT2D eigenvalue weighted by molar-refractivity contribution is 0.170. The number of hydrogen-bond acceptors (Lipinski definition) is 2. The Balaban J connectivity index is 2.16. The first-order chi connectivity index (χ1) is 5.47. The summed E-state index contributed by atoms with van der Waals surface area (Å²) in [7, 11) is 0. The standard InChI is InChI=1S/C9H12O2/c1-2-4-8(5-3-1)9-10-6-7-11-9/h2,4H,1,3,5-7H2. The average Bonchev–Trinajstić information content (AvgIpc) is 2.58. The number of rotatable bonds is 0. The van der Waals surface area contributed by atoms with Crippen molar-refractivity contribution in [1.29, 1.82) is 0 Å². The molecule has 0 aromatic rings. The van der Waals surface area contributed by atoms with Crippen molar-refractivity contribution in [2.75, 3.05) is 13.2 Å². The van der Waals surface area contributed by atoms with E-state index in [0.29, 0.717) is 13.2 Å². The quantitative estimate of drug-likeness (QED) is 0.528. The molecule has 1 heterocycles. The van der Waals surface area contributed by atoms with Crippen molar-refractivity contribution in [2.45, 2.75) is 19.3 Å². The average molecular weight is 152 g/mol. The molecule has 0 aromatic carbocycles. The minimum Gasteiger partial charge on any atom is -0.462 e. The van der Waals surface area contributed by atoms with E-state index in [1.54, 1.807) is 0 Å². The smallest absolute Gasteiger partial charge is 0.282 e. The zero-order valence-electron chi connectivity index (χ0n) is 6.51. The lowest BCUT2D eigenvalue weighted by atomic mass is 10.0. The van der Waals surface area contributed by atoms with E-state index in [1.165, 1.54) is 18.4 Å². The highest BCUT2D eigenvalue weighted by Gasteiger charge is 2.14. The fraction of sp³-hybridized carbons (Fsp3) is 0.556. The summed E-state index contributed by atoms with van der Waals surface area (Å²) in [4.78, 5) is 0. The molecule has 0 unspecified atom stereocenters. The molecule has 11 heavy (non-hydrogen) atoms. The van der Waals surface area contributed by atoms with Gasteiger partial charge in [-0.1, -0.05) is 12.2 Å². The number of hydrogen-bond donors (Lipinski definition) is 0. The van der Waals surface area contributed by atoms with Crippen LogP contribution in [0.25, 0.3) is 0 Å². The van der Waals surface area contributed by atoms with Gasteiger partial charge in [0.05, 0.1) is 0 Å². The molecule has 1 aliphatic heterocycles. The largest absolute Gasteiger partial charge is 0.462 e. The molecule has 1 fully saturated rings. The molecule has 2 nitrogen and oxygen atoms in total. The van der Waals surface area contributed by atoms with Gasteiger partial charge in [0.25, 0.3) is 5.95 Å². The topological polar surface area (TPSA) is 18.5 Å². The van der Waals surface area contributed by atoms with Crippen LogP contribution >= 0.6 is 0 Å². The van der Waals surface area contributed by atoms with E-state index in [0.717, 1.165) is 12.4 Å². The van der Waals surface area contributed by atoms with Crippen LogP contribution < -0.4 is 0 Å². The van der Waals surface area contributed by atoms with Crippen LogP contribution in [0.2, 0.25) is 0 Å². The molecule has 0 N–H and O–H groups in total. The van der Waals surface area contributed by atoms with Gasteiger partial charge in [-0.3, -0.25) is 0 Å². The zero-order chi connectivity index (χ0) is 7.52. The van der Waals surface area contributed by atoms with Crippen molar-refractivity contribution in [3.05, 3.63) is 23.7 Å². The third-order valence-electron chi connectivity index (χ3n) is 1.95. The molecule has 0 amide bonds. The Bertz CT molecular complexity index is 196. The molecule has 2 aliphatic rings. The van der Waals surface area contributed by atoms with Crippen molar-refractivity contribution < 1.29 is 9.47 Å². The summed E-state index contributed by atoms with van der Waals surface area (Å²) >= 11 is 0. The molecule has 2 heteroatoms. The highest BCUT2D eigenvalue weighted by Crippen LogP contribution is 2.23. The Labute approximate surface area is 66.5 Å². The van der Waals surface area contributed by atoms with Gasteiger partial charge in [-0.15, -0.1) is 0 Å². The van der Waals surface area contributed by atoms with E-state index in [4.69, 9.17) is 9.47 Å². The summed E-state index contributed by atoms with van der Waals surface area (Å²) in [6, 6.07) is 0. The first kappa shape index (κ1) is 6.77. The molecular weight excluding hydrogens is 140 g/mol. The first-order valence-electron chi connectivity index (χ1n) is 4.12. The van der Waals surface area contributed by atoms with E-state index in [2.05, 4.69) is 12.2 Å². The van der Waals surface area contributed by atoms with Crippen LogP contribution in [0, 0.1) is 0 Å². The molecule has 60 valence electrons. The molecule has 1 saturated heterocycles. The molecule has 0 bridgehead atoms. The zero-order valence-corrected chi connectivity index (χ0v) is 6.51. The maximum Gasteiger partial charge on any atom is 0.282 e. The highest BCUT2D eigenvalue weighted by atomic mass is 16.7. The highest BCUT2D eigenvalue weighted by molar-refractivity contribution is 5.22. The van der Waals surface area contributed by atoms with Crippen molar-refractivity contribution in [1.82, 2.24) is 0 Å². The van der Waals surface area contributed by atoms with Crippen LogP contribution in [0.15, 0.2) is 23.7 Å². The van der Waals surface area contributed by atoms with Gasteiger partial charge in [-0.25, -0.2) is 0 Å². The molecule has 0 aromatic heterocycles. The third kappa shape index (κ3) is 1.39. The summed E-state index contributed by atoms with van der Waals surface area (Å²) in [6.07, 6.45) is 7.81. The minimum absolute atomic E-state index is 0.715. The van der Waals surface area contributed by atoms with Crippen LogP contribution in [0.5, 0.6) is 0 Å². The number of ether oxygens (including phenoxy) is 2. The predicted octanol–water partition coefficient (Wildman–Crippen LogP) is 1.98. The van der Waals surface area contributed by atoms with Gasteiger partial charge in [-0.2, -0.15) is 0 Å². The van der Waals surface area contributed by atoms with Crippen LogP contribution in [-0.4, -0.2) is 13.2 Å². The van der Waals surface area contributed by atoms with Crippen LogP contribution in [0.3, 0.4) is 0 Å². The normalized spacial score (nSPS) is 23.3. The summed E-state index contributed by atoms with van der Waals surface area (Å²) in [5.74, 6) is 0.765. The molecule has 0 radical (unpaired) electrons. The summed E-state index contributed by atoms with van der Waals surface area (Å²) in [5, 5.41) is 0. The van der Waals surface area contributed by atoms with Crippen LogP contribution in [-0.2, 0) is 9.47 Å². The van der Waals surface area contributed by atoms with Crippen molar-refractivity contribution in [3.63, 3.8) is 0 Å². The first-order valence-corrected chi connectivity index (χ1v) is 4.12. The van der Waals surface area contributed by atoms with E-state index < -0.39 is 0 Å².